The predicted octanol–water partition coefficient (Wildman–Crippen LogP) is 1.60. The van der Waals surface area contributed by atoms with Crippen molar-refractivity contribution in [2.45, 2.75) is 12.8 Å². The summed E-state index contributed by atoms with van der Waals surface area (Å²) >= 11 is 0. The molecule has 0 bridgehead atoms. The highest BCUT2D eigenvalue weighted by atomic mass is 19.3. The summed E-state index contributed by atoms with van der Waals surface area (Å²) in [6, 6.07) is 0. The minimum absolute atomic E-state index is 0.273. The van der Waals surface area contributed by atoms with E-state index in [2.05, 4.69) is 9.40 Å². The van der Waals surface area contributed by atoms with Gasteiger partial charge < -0.3 is 4.42 Å². The normalized spacial score (nSPS) is 11.5. The van der Waals surface area contributed by atoms with Crippen LogP contribution < -0.4 is 0 Å². The fourth-order valence-electron chi connectivity index (χ4n) is 0.543. The molecule has 0 aliphatic rings. The number of aromatic nitrogens is 1. The predicted molar refractivity (Wildman–Crippen MR) is 31.5 cm³/mol. The first-order valence-electron chi connectivity index (χ1n) is 2.83. The molecule has 0 atom stereocenters. The third-order valence-corrected chi connectivity index (χ3v) is 1.07. The molecule has 0 radical (unpaired) electrons. The van der Waals surface area contributed by atoms with Crippen LogP contribution in [0.4, 0.5) is 8.78 Å². The maximum absolute atomic E-state index is 12.4. The SMILES string of the molecule is CC(F)(F)c1coc(C=O)n1. The van der Waals surface area contributed by atoms with E-state index in [4.69, 9.17) is 0 Å². The van der Waals surface area contributed by atoms with Gasteiger partial charge in [-0.05, 0) is 0 Å². The molecule has 1 rings (SSSR count). The molecule has 0 aromatic carbocycles. The minimum atomic E-state index is -3.05. The van der Waals surface area contributed by atoms with E-state index in [0.29, 0.717) is 6.92 Å². The van der Waals surface area contributed by atoms with Gasteiger partial charge in [0.05, 0.1) is 0 Å². The molecule has 11 heavy (non-hydrogen) atoms. The van der Waals surface area contributed by atoms with Crippen LogP contribution in [-0.4, -0.2) is 11.3 Å². The first-order chi connectivity index (χ1) is 5.04. The summed E-state index contributed by atoms with van der Waals surface area (Å²) in [5.41, 5.74) is -0.528. The van der Waals surface area contributed by atoms with E-state index in [0.717, 1.165) is 6.26 Å². The van der Waals surface area contributed by atoms with E-state index in [-0.39, 0.29) is 12.2 Å². The second-order valence-corrected chi connectivity index (χ2v) is 2.08. The van der Waals surface area contributed by atoms with Gasteiger partial charge in [-0.15, -0.1) is 0 Å². The number of rotatable bonds is 2. The van der Waals surface area contributed by atoms with Crippen molar-refractivity contribution in [1.29, 1.82) is 0 Å². The highest BCUT2D eigenvalue weighted by molar-refractivity contribution is 5.67. The van der Waals surface area contributed by atoms with E-state index in [1.54, 1.807) is 0 Å². The topological polar surface area (TPSA) is 43.1 Å². The molecule has 1 aromatic rings. The Kier molecular flexibility index (Phi) is 1.72. The van der Waals surface area contributed by atoms with E-state index in [1.807, 2.05) is 0 Å². The van der Waals surface area contributed by atoms with Gasteiger partial charge in [-0.3, -0.25) is 4.79 Å². The van der Waals surface area contributed by atoms with Gasteiger partial charge in [0.2, 0.25) is 6.29 Å². The van der Waals surface area contributed by atoms with E-state index in [9.17, 15) is 13.6 Å². The van der Waals surface area contributed by atoms with Crippen molar-refractivity contribution >= 4 is 6.29 Å². The number of hydrogen-bond acceptors (Lipinski definition) is 3. The van der Waals surface area contributed by atoms with Crippen LogP contribution in [0.2, 0.25) is 0 Å². The molecule has 0 saturated heterocycles. The van der Waals surface area contributed by atoms with Crippen molar-refractivity contribution in [3.05, 3.63) is 17.8 Å². The van der Waals surface area contributed by atoms with E-state index >= 15 is 0 Å². The average molecular weight is 161 g/mol. The van der Waals surface area contributed by atoms with E-state index in [1.165, 1.54) is 0 Å². The summed E-state index contributed by atoms with van der Waals surface area (Å²) < 4.78 is 29.1. The Balaban J connectivity index is 2.98. The lowest BCUT2D eigenvalue weighted by molar-refractivity contribution is 0.0127. The average Bonchev–Trinajstić information content (AvgIpc) is 2.32. The highest BCUT2D eigenvalue weighted by Gasteiger charge is 2.28. The minimum Gasteiger partial charge on any atom is -0.442 e. The molecule has 5 heteroatoms. The van der Waals surface area contributed by atoms with Crippen molar-refractivity contribution in [2.75, 3.05) is 0 Å². The van der Waals surface area contributed by atoms with Crippen molar-refractivity contribution in [3.63, 3.8) is 0 Å². The van der Waals surface area contributed by atoms with Crippen LogP contribution in [0.25, 0.3) is 0 Å². The first-order valence-corrected chi connectivity index (χ1v) is 2.83. The fraction of sp³-hybridized carbons (Fsp3) is 0.333. The number of halogens is 2. The molecule has 0 aliphatic carbocycles. The Morgan fingerprint density at radius 1 is 1.73 bits per heavy atom. The van der Waals surface area contributed by atoms with Crippen molar-refractivity contribution in [3.8, 4) is 0 Å². The van der Waals surface area contributed by atoms with Crippen molar-refractivity contribution < 1.29 is 18.0 Å². The Bertz CT molecular complexity index is 264. The maximum Gasteiger partial charge on any atom is 0.290 e. The number of nitrogens with zero attached hydrogens (tertiary/aromatic N) is 1. The third-order valence-electron chi connectivity index (χ3n) is 1.07. The van der Waals surface area contributed by atoms with Crippen LogP contribution in [0, 0.1) is 0 Å². The fourth-order valence-corrected chi connectivity index (χ4v) is 0.543. The van der Waals surface area contributed by atoms with Gasteiger partial charge in [-0.2, -0.15) is 8.78 Å². The molecule has 60 valence electrons. The molecule has 0 saturated carbocycles. The van der Waals surface area contributed by atoms with Crippen LogP contribution >= 0.6 is 0 Å². The van der Waals surface area contributed by atoms with Gasteiger partial charge in [0.15, 0.2) is 0 Å². The Hall–Kier alpha value is -1.26. The molecule has 0 N–H and O–H groups in total. The number of carbonyl (C=O) groups excluding carboxylic acids is 1. The smallest absolute Gasteiger partial charge is 0.290 e. The zero-order chi connectivity index (χ0) is 8.48. The van der Waals surface area contributed by atoms with Crippen LogP contribution in [0.1, 0.15) is 23.3 Å². The Morgan fingerprint density at radius 3 is 2.64 bits per heavy atom. The number of oxazole rings is 1. The second kappa shape index (κ2) is 2.41. The summed E-state index contributed by atoms with van der Waals surface area (Å²) in [6.07, 6.45) is 1.04. The molecule has 0 fully saturated rings. The monoisotopic (exact) mass is 161 g/mol. The molecule has 1 aromatic heterocycles. The lowest BCUT2D eigenvalue weighted by Gasteiger charge is -2.02. The zero-order valence-electron chi connectivity index (χ0n) is 5.67. The van der Waals surface area contributed by atoms with Gasteiger partial charge in [-0.1, -0.05) is 0 Å². The van der Waals surface area contributed by atoms with Gasteiger partial charge in [0, 0.05) is 6.92 Å². The molecule has 1 heterocycles. The second-order valence-electron chi connectivity index (χ2n) is 2.08. The number of alkyl halides is 2. The lowest BCUT2D eigenvalue weighted by atomic mass is 10.3. The summed E-state index contributed by atoms with van der Waals surface area (Å²) in [6.45, 7) is 0.680. The van der Waals surface area contributed by atoms with Gasteiger partial charge >= 0.3 is 0 Å². The molecule has 3 nitrogen and oxygen atoms in total. The summed E-state index contributed by atoms with van der Waals surface area (Å²) in [4.78, 5) is 13.2. The molecule has 0 spiro atoms. The number of hydrogen-bond donors (Lipinski definition) is 0. The third kappa shape index (κ3) is 1.60. The lowest BCUT2D eigenvalue weighted by Crippen LogP contribution is -2.07. The van der Waals surface area contributed by atoms with Gasteiger partial charge in [0.1, 0.15) is 12.0 Å². The van der Waals surface area contributed by atoms with Crippen molar-refractivity contribution in [1.82, 2.24) is 4.98 Å². The van der Waals surface area contributed by atoms with Crippen LogP contribution in [0.15, 0.2) is 10.7 Å². The van der Waals surface area contributed by atoms with Crippen LogP contribution in [-0.2, 0) is 5.92 Å². The maximum atomic E-state index is 12.4. The quantitative estimate of drug-likeness (QED) is 0.618. The number of aldehydes is 1. The van der Waals surface area contributed by atoms with Gasteiger partial charge in [0.25, 0.3) is 11.8 Å². The first kappa shape index (κ1) is 7.84. The molecule has 0 amide bonds. The van der Waals surface area contributed by atoms with Gasteiger partial charge in [-0.25, -0.2) is 4.98 Å². The van der Waals surface area contributed by atoms with Crippen LogP contribution in [0.3, 0.4) is 0 Å². The highest BCUT2D eigenvalue weighted by Crippen LogP contribution is 2.25. The standard InChI is InChI=1S/C6H5F2NO2/c1-6(7,8)4-3-11-5(2-10)9-4/h2-3H,1H3. The molecule has 0 aliphatic heterocycles. The Morgan fingerprint density at radius 2 is 2.36 bits per heavy atom. The summed E-state index contributed by atoms with van der Waals surface area (Å²) in [7, 11) is 0. The largest absolute Gasteiger partial charge is 0.442 e. The van der Waals surface area contributed by atoms with Crippen LogP contribution in [0.5, 0.6) is 0 Å². The van der Waals surface area contributed by atoms with E-state index < -0.39 is 11.6 Å². The molecule has 0 unspecified atom stereocenters. The molecular formula is C6H5F2NO2. The Labute approximate surface area is 61.0 Å². The van der Waals surface area contributed by atoms with Crippen molar-refractivity contribution in [2.24, 2.45) is 0 Å². The summed E-state index contributed by atoms with van der Waals surface area (Å²) in [5.74, 6) is -3.38. The zero-order valence-corrected chi connectivity index (χ0v) is 5.67. The molecular weight excluding hydrogens is 156 g/mol. The number of carbonyl (C=O) groups is 1. The summed E-state index contributed by atoms with van der Waals surface area (Å²) in [5, 5.41) is 0.